The number of ether oxygens (including phenoxy) is 1. The van der Waals surface area contributed by atoms with Gasteiger partial charge in [0, 0.05) is 11.3 Å². The lowest BCUT2D eigenvalue weighted by Crippen LogP contribution is -1.91. The quantitative estimate of drug-likeness (QED) is 0.722. The molecule has 0 bridgehead atoms. The molecule has 1 aromatic carbocycles. The average molecular weight is 194 g/mol. The first-order chi connectivity index (χ1) is 6.29. The van der Waals surface area contributed by atoms with Gasteiger partial charge in [0.05, 0.1) is 6.61 Å². The first-order valence-electron chi connectivity index (χ1n) is 4.26. The Bertz CT molecular complexity index is 347. The molecule has 0 spiro atoms. The van der Waals surface area contributed by atoms with Crippen molar-refractivity contribution in [1.29, 1.82) is 0 Å². The molecule has 0 unspecified atom stereocenters. The molecule has 1 heterocycles. The van der Waals surface area contributed by atoms with Crippen LogP contribution in [0, 0.1) is 0 Å². The third kappa shape index (κ3) is 1.70. The molecule has 1 aromatic rings. The van der Waals surface area contributed by atoms with Gasteiger partial charge in [-0.1, -0.05) is 17.8 Å². The summed E-state index contributed by atoms with van der Waals surface area (Å²) in [6, 6.07) is 5.83. The van der Waals surface area contributed by atoms with E-state index in [4.69, 9.17) is 4.74 Å². The lowest BCUT2D eigenvalue weighted by Gasteiger charge is -2.03. The second-order valence-corrected chi connectivity index (χ2v) is 3.95. The highest BCUT2D eigenvalue weighted by molar-refractivity contribution is 8.14. The molecule has 0 radical (unpaired) electrons. The second kappa shape index (κ2) is 3.42. The van der Waals surface area contributed by atoms with Gasteiger partial charge in [-0.25, -0.2) is 0 Å². The summed E-state index contributed by atoms with van der Waals surface area (Å²) < 4.78 is 5.34. The zero-order valence-corrected chi connectivity index (χ0v) is 8.19. The molecule has 1 aliphatic rings. The molecular formula is C10H10O2S. The highest BCUT2D eigenvalue weighted by Gasteiger charge is 2.19. The van der Waals surface area contributed by atoms with E-state index >= 15 is 0 Å². The van der Waals surface area contributed by atoms with Gasteiger partial charge >= 0.3 is 0 Å². The van der Waals surface area contributed by atoms with Gasteiger partial charge in [0.15, 0.2) is 5.12 Å². The number of benzene rings is 1. The summed E-state index contributed by atoms with van der Waals surface area (Å²) in [5.41, 5.74) is 1.12. The van der Waals surface area contributed by atoms with Crippen LogP contribution in [-0.2, 0) is 11.2 Å². The number of carbonyl (C=O) groups excluding carboxylic acids is 1. The zero-order valence-electron chi connectivity index (χ0n) is 7.37. The van der Waals surface area contributed by atoms with E-state index in [-0.39, 0.29) is 5.12 Å². The van der Waals surface area contributed by atoms with E-state index in [9.17, 15) is 4.79 Å². The predicted molar refractivity (Wildman–Crippen MR) is 52.2 cm³/mol. The summed E-state index contributed by atoms with van der Waals surface area (Å²) in [6.45, 7) is 2.61. The van der Waals surface area contributed by atoms with Crippen LogP contribution in [0.3, 0.4) is 0 Å². The Morgan fingerprint density at radius 1 is 1.54 bits per heavy atom. The lowest BCUT2D eigenvalue weighted by atomic mass is 10.2. The largest absolute Gasteiger partial charge is 0.494 e. The van der Waals surface area contributed by atoms with E-state index < -0.39 is 0 Å². The maximum atomic E-state index is 11.1. The maximum Gasteiger partial charge on any atom is 0.198 e. The molecular weight excluding hydrogens is 184 g/mol. The van der Waals surface area contributed by atoms with E-state index in [1.807, 2.05) is 25.1 Å². The topological polar surface area (TPSA) is 26.3 Å². The normalized spacial score (nSPS) is 14.4. The average Bonchev–Trinajstić information content (AvgIpc) is 2.44. The molecule has 0 amide bonds. The van der Waals surface area contributed by atoms with Crippen molar-refractivity contribution in [3.05, 3.63) is 23.8 Å². The smallest absolute Gasteiger partial charge is 0.198 e. The van der Waals surface area contributed by atoms with Gasteiger partial charge in [-0.05, 0) is 24.6 Å². The van der Waals surface area contributed by atoms with E-state index in [0.29, 0.717) is 13.0 Å². The van der Waals surface area contributed by atoms with Crippen LogP contribution in [0.15, 0.2) is 23.1 Å². The van der Waals surface area contributed by atoms with Crippen molar-refractivity contribution in [1.82, 2.24) is 0 Å². The number of rotatable bonds is 2. The van der Waals surface area contributed by atoms with Crippen molar-refractivity contribution in [2.75, 3.05) is 6.61 Å². The molecule has 2 rings (SSSR count). The Labute approximate surface area is 81.3 Å². The second-order valence-electron chi connectivity index (χ2n) is 2.85. The number of thioether (sulfide) groups is 1. The number of carbonyl (C=O) groups is 1. The van der Waals surface area contributed by atoms with Crippen LogP contribution in [-0.4, -0.2) is 11.7 Å². The van der Waals surface area contributed by atoms with Crippen LogP contribution < -0.4 is 4.74 Å². The van der Waals surface area contributed by atoms with Crippen molar-refractivity contribution in [3.8, 4) is 5.75 Å². The Kier molecular flexibility index (Phi) is 2.27. The van der Waals surface area contributed by atoms with E-state index in [2.05, 4.69) is 0 Å². The minimum atomic E-state index is 0.226. The molecule has 0 saturated heterocycles. The molecule has 0 fully saturated rings. The summed E-state index contributed by atoms with van der Waals surface area (Å²) in [4.78, 5) is 12.1. The molecule has 68 valence electrons. The van der Waals surface area contributed by atoms with Gasteiger partial charge in [-0.3, -0.25) is 4.79 Å². The molecule has 0 aromatic heterocycles. The Morgan fingerprint density at radius 2 is 2.38 bits per heavy atom. The van der Waals surface area contributed by atoms with Gasteiger partial charge in [0.25, 0.3) is 0 Å². The lowest BCUT2D eigenvalue weighted by molar-refractivity contribution is -0.110. The van der Waals surface area contributed by atoms with Crippen molar-refractivity contribution in [3.63, 3.8) is 0 Å². The molecule has 1 aliphatic heterocycles. The third-order valence-electron chi connectivity index (χ3n) is 1.91. The molecule has 0 atom stereocenters. The van der Waals surface area contributed by atoms with E-state index in [1.54, 1.807) is 0 Å². The van der Waals surface area contributed by atoms with E-state index in [0.717, 1.165) is 16.2 Å². The SMILES string of the molecule is CCOc1ccc2c(c1)SC(=O)C2. The third-order valence-corrected chi connectivity index (χ3v) is 2.88. The van der Waals surface area contributed by atoms with E-state index in [1.165, 1.54) is 11.8 Å². The van der Waals surface area contributed by atoms with Crippen LogP contribution >= 0.6 is 11.8 Å². The minimum absolute atomic E-state index is 0.226. The van der Waals surface area contributed by atoms with Crippen molar-refractivity contribution in [2.45, 2.75) is 18.2 Å². The summed E-state index contributed by atoms with van der Waals surface area (Å²) in [5.74, 6) is 0.850. The van der Waals surface area contributed by atoms with Gasteiger partial charge < -0.3 is 4.74 Å². The fourth-order valence-corrected chi connectivity index (χ4v) is 2.27. The molecule has 0 aliphatic carbocycles. The van der Waals surface area contributed by atoms with Gasteiger partial charge in [-0.2, -0.15) is 0 Å². The summed E-state index contributed by atoms with van der Waals surface area (Å²) >= 11 is 1.31. The summed E-state index contributed by atoms with van der Waals surface area (Å²) in [5, 5.41) is 0.226. The van der Waals surface area contributed by atoms with Gasteiger partial charge in [-0.15, -0.1) is 0 Å². The van der Waals surface area contributed by atoms with Crippen LogP contribution in [0.2, 0.25) is 0 Å². The van der Waals surface area contributed by atoms with Crippen LogP contribution in [0.25, 0.3) is 0 Å². The Balaban J connectivity index is 2.29. The van der Waals surface area contributed by atoms with Crippen LogP contribution in [0.1, 0.15) is 12.5 Å². The maximum absolute atomic E-state index is 11.1. The number of hydrogen-bond donors (Lipinski definition) is 0. The molecule has 2 nitrogen and oxygen atoms in total. The predicted octanol–water partition coefficient (Wildman–Crippen LogP) is 2.26. The van der Waals surface area contributed by atoms with Crippen LogP contribution in [0.4, 0.5) is 0 Å². The number of hydrogen-bond acceptors (Lipinski definition) is 3. The van der Waals surface area contributed by atoms with Crippen molar-refractivity contribution in [2.24, 2.45) is 0 Å². The Morgan fingerprint density at radius 3 is 3.15 bits per heavy atom. The first kappa shape index (κ1) is 8.63. The molecule has 13 heavy (non-hydrogen) atoms. The Hall–Kier alpha value is -0.960. The standard InChI is InChI=1S/C10H10O2S/c1-2-12-8-4-3-7-5-10(11)13-9(7)6-8/h3-4,6H,2,5H2,1H3. The monoisotopic (exact) mass is 194 g/mol. The molecule has 0 saturated carbocycles. The van der Waals surface area contributed by atoms with Gasteiger partial charge in [0.1, 0.15) is 5.75 Å². The molecule has 0 N–H and O–H groups in total. The van der Waals surface area contributed by atoms with Crippen LogP contribution in [0.5, 0.6) is 5.75 Å². The van der Waals surface area contributed by atoms with Crippen molar-refractivity contribution >= 4 is 16.9 Å². The fraction of sp³-hybridized carbons (Fsp3) is 0.300. The number of fused-ring (bicyclic) bond motifs is 1. The zero-order chi connectivity index (χ0) is 9.26. The first-order valence-corrected chi connectivity index (χ1v) is 5.07. The van der Waals surface area contributed by atoms with Crippen molar-refractivity contribution < 1.29 is 9.53 Å². The summed E-state index contributed by atoms with van der Waals surface area (Å²) in [6.07, 6.45) is 0.562. The fourth-order valence-electron chi connectivity index (χ4n) is 1.35. The highest BCUT2D eigenvalue weighted by Crippen LogP contribution is 2.34. The summed E-state index contributed by atoms with van der Waals surface area (Å²) in [7, 11) is 0. The minimum Gasteiger partial charge on any atom is -0.494 e. The molecule has 3 heteroatoms. The highest BCUT2D eigenvalue weighted by atomic mass is 32.2. The van der Waals surface area contributed by atoms with Gasteiger partial charge in [0.2, 0.25) is 0 Å².